The molecule has 3 aromatic rings. The van der Waals surface area contributed by atoms with Crippen molar-refractivity contribution in [1.82, 2.24) is 15.3 Å². The highest BCUT2D eigenvalue weighted by atomic mass is 35.5. The van der Waals surface area contributed by atoms with E-state index in [2.05, 4.69) is 57.7 Å². The van der Waals surface area contributed by atoms with Gasteiger partial charge in [-0.25, -0.2) is 9.37 Å². The largest absolute Gasteiger partial charge is 0.368 e. The van der Waals surface area contributed by atoms with Crippen molar-refractivity contribution in [1.29, 1.82) is 5.41 Å². The molecule has 1 fully saturated rings. The number of nitrogens with zero attached hydrogens (tertiary/aromatic N) is 3. The minimum absolute atomic E-state index is 0.0589. The van der Waals surface area contributed by atoms with Gasteiger partial charge in [-0.05, 0) is 65.6 Å². The van der Waals surface area contributed by atoms with Crippen LogP contribution in [0.3, 0.4) is 0 Å². The van der Waals surface area contributed by atoms with E-state index in [1.54, 1.807) is 12.3 Å². The average molecular weight is 531 g/mol. The molecule has 1 saturated heterocycles. The predicted molar refractivity (Wildman–Crippen MR) is 156 cm³/mol. The van der Waals surface area contributed by atoms with E-state index in [0.717, 1.165) is 67.5 Å². The number of halogens is 2. The average Bonchev–Trinajstić information content (AvgIpc) is 2.94. The van der Waals surface area contributed by atoms with Crippen LogP contribution in [0.2, 0.25) is 5.02 Å². The topological polar surface area (TPSA) is 76.9 Å². The number of rotatable bonds is 10. The van der Waals surface area contributed by atoms with E-state index in [1.807, 2.05) is 18.3 Å². The summed E-state index contributed by atoms with van der Waals surface area (Å²) < 4.78 is 14.2. The summed E-state index contributed by atoms with van der Waals surface area (Å²) in [6, 6.07) is 10.3. The van der Waals surface area contributed by atoms with Crippen LogP contribution in [0.25, 0.3) is 6.08 Å². The first-order chi connectivity index (χ1) is 18.4. The van der Waals surface area contributed by atoms with E-state index in [9.17, 15) is 4.39 Å². The number of nitrogens with one attached hydrogen (secondary N) is 3. The summed E-state index contributed by atoms with van der Waals surface area (Å²) in [5.41, 5.74) is 4.69. The molecular weight excluding hydrogens is 499 g/mol. The zero-order valence-corrected chi connectivity index (χ0v) is 22.3. The lowest BCUT2D eigenvalue weighted by Gasteiger charge is -2.29. The normalized spacial score (nSPS) is 13.5. The van der Waals surface area contributed by atoms with Crippen LogP contribution in [0, 0.1) is 11.2 Å². The number of anilines is 3. The number of benzene rings is 1. The van der Waals surface area contributed by atoms with Gasteiger partial charge in [0, 0.05) is 36.8 Å². The molecular formula is C30H32ClFN6. The Kier molecular flexibility index (Phi) is 9.05. The SMILES string of the molecule is C=C(/C=C\c1ncc(Nc2ccc(N3CCNCC3)cn2)cc1CCC)C(=C)C(=N)c1cc(Cl)ccc1F. The second kappa shape index (κ2) is 12.6. The minimum atomic E-state index is -0.528. The molecule has 196 valence electrons. The van der Waals surface area contributed by atoms with Crippen molar-refractivity contribution in [2.75, 3.05) is 36.4 Å². The Bertz CT molecular complexity index is 1360. The number of allylic oxidation sites excluding steroid dienone is 3. The lowest BCUT2D eigenvalue weighted by atomic mass is 9.97. The van der Waals surface area contributed by atoms with Crippen LogP contribution < -0.4 is 15.5 Å². The smallest absolute Gasteiger partial charge is 0.132 e. The Balaban J connectivity index is 1.45. The number of aryl methyl sites for hydroxylation is 1. The zero-order chi connectivity index (χ0) is 27.1. The van der Waals surface area contributed by atoms with Crippen molar-refractivity contribution in [3.05, 3.63) is 107 Å². The van der Waals surface area contributed by atoms with Crippen molar-refractivity contribution in [3.63, 3.8) is 0 Å². The number of hydrogen-bond donors (Lipinski definition) is 3. The number of aromatic nitrogens is 2. The summed E-state index contributed by atoms with van der Waals surface area (Å²) in [5, 5.41) is 15.4. The number of pyridine rings is 2. The van der Waals surface area contributed by atoms with Crippen LogP contribution in [0.5, 0.6) is 0 Å². The molecule has 0 aliphatic carbocycles. The summed E-state index contributed by atoms with van der Waals surface area (Å²) in [6.07, 6.45) is 9.07. The molecule has 0 radical (unpaired) electrons. The van der Waals surface area contributed by atoms with Crippen LogP contribution in [-0.2, 0) is 6.42 Å². The lowest BCUT2D eigenvalue weighted by Crippen LogP contribution is -2.43. The van der Waals surface area contributed by atoms with Crippen molar-refractivity contribution in [3.8, 4) is 0 Å². The van der Waals surface area contributed by atoms with E-state index in [0.29, 0.717) is 16.2 Å². The van der Waals surface area contributed by atoms with Gasteiger partial charge in [-0.1, -0.05) is 44.2 Å². The van der Waals surface area contributed by atoms with Crippen LogP contribution in [-0.4, -0.2) is 41.9 Å². The van der Waals surface area contributed by atoms with Gasteiger partial charge in [0.2, 0.25) is 0 Å². The minimum Gasteiger partial charge on any atom is -0.368 e. The molecule has 0 saturated carbocycles. The molecule has 1 aliphatic rings. The Morgan fingerprint density at radius 1 is 1.16 bits per heavy atom. The maximum absolute atomic E-state index is 14.2. The second-order valence-corrected chi connectivity index (χ2v) is 9.55. The van der Waals surface area contributed by atoms with Crippen molar-refractivity contribution in [2.45, 2.75) is 19.8 Å². The number of piperazine rings is 1. The van der Waals surface area contributed by atoms with Gasteiger partial charge in [0.25, 0.3) is 0 Å². The van der Waals surface area contributed by atoms with Crippen molar-refractivity contribution >= 4 is 40.6 Å². The first-order valence-electron chi connectivity index (χ1n) is 12.6. The van der Waals surface area contributed by atoms with Crippen LogP contribution in [0.4, 0.5) is 21.6 Å². The summed E-state index contributed by atoms with van der Waals surface area (Å²) in [4.78, 5) is 11.6. The van der Waals surface area contributed by atoms with E-state index >= 15 is 0 Å². The van der Waals surface area contributed by atoms with E-state index < -0.39 is 5.82 Å². The monoisotopic (exact) mass is 530 g/mol. The summed E-state index contributed by atoms with van der Waals surface area (Å²) in [5.74, 6) is 0.230. The molecule has 1 aromatic carbocycles. The quantitative estimate of drug-likeness (QED) is 0.204. The highest BCUT2D eigenvalue weighted by Gasteiger charge is 2.14. The molecule has 1 aliphatic heterocycles. The first kappa shape index (κ1) is 27.2. The maximum atomic E-state index is 14.2. The fraction of sp³-hybridized carbons (Fsp3) is 0.233. The zero-order valence-electron chi connectivity index (χ0n) is 21.5. The molecule has 0 spiro atoms. The molecule has 0 bridgehead atoms. The van der Waals surface area contributed by atoms with E-state index in [1.165, 1.54) is 18.2 Å². The van der Waals surface area contributed by atoms with Gasteiger partial charge in [-0.3, -0.25) is 10.4 Å². The molecule has 8 heteroatoms. The molecule has 0 amide bonds. The van der Waals surface area contributed by atoms with Gasteiger partial charge in [-0.2, -0.15) is 0 Å². The van der Waals surface area contributed by atoms with E-state index in [4.69, 9.17) is 17.0 Å². The number of hydrogen-bond acceptors (Lipinski definition) is 6. The van der Waals surface area contributed by atoms with Crippen molar-refractivity contribution < 1.29 is 4.39 Å². The van der Waals surface area contributed by atoms with Gasteiger partial charge >= 0.3 is 0 Å². The fourth-order valence-electron chi connectivity index (χ4n) is 4.22. The molecule has 3 N–H and O–H groups in total. The standard InChI is InChI=1S/C30H32ClFN6/c1-4-5-22-16-24(37-29-11-8-25(19-36-29)38-14-12-34-13-15-38)18-35-28(22)10-6-20(2)21(3)30(33)26-17-23(31)7-9-27(26)32/h6-11,16-19,33-34H,2-5,12-15H2,1H3,(H,36,37)/b10-6-,33-30?. The predicted octanol–water partition coefficient (Wildman–Crippen LogP) is 6.57. The third-order valence-electron chi connectivity index (χ3n) is 6.35. The second-order valence-electron chi connectivity index (χ2n) is 9.12. The van der Waals surface area contributed by atoms with Gasteiger partial charge in [0.1, 0.15) is 11.6 Å². The molecule has 38 heavy (non-hydrogen) atoms. The molecule has 6 nitrogen and oxygen atoms in total. The first-order valence-corrected chi connectivity index (χ1v) is 13.0. The molecule has 2 aromatic heterocycles. The highest BCUT2D eigenvalue weighted by molar-refractivity contribution is 6.31. The Morgan fingerprint density at radius 3 is 2.66 bits per heavy atom. The van der Waals surface area contributed by atoms with Crippen molar-refractivity contribution in [2.24, 2.45) is 0 Å². The molecule has 0 atom stereocenters. The summed E-state index contributed by atoms with van der Waals surface area (Å²) in [6.45, 7) is 14.0. The lowest BCUT2D eigenvalue weighted by molar-refractivity contribution is 0.589. The Hall–Kier alpha value is -3.81. The fourth-order valence-corrected chi connectivity index (χ4v) is 4.39. The summed E-state index contributed by atoms with van der Waals surface area (Å²) in [7, 11) is 0. The molecule has 4 rings (SSSR count). The van der Waals surface area contributed by atoms with Crippen LogP contribution in [0.15, 0.2) is 79.2 Å². The van der Waals surface area contributed by atoms with Gasteiger partial charge in [0.05, 0.1) is 35.2 Å². The van der Waals surface area contributed by atoms with Gasteiger partial charge < -0.3 is 15.5 Å². The van der Waals surface area contributed by atoms with Crippen LogP contribution >= 0.6 is 11.6 Å². The molecule has 0 unspecified atom stereocenters. The van der Waals surface area contributed by atoms with Gasteiger partial charge in [0.15, 0.2) is 0 Å². The third-order valence-corrected chi connectivity index (χ3v) is 6.59. The Morgan fingerprint density at radius 2 is 1.95 bits per heavy atom. The third kappa shape index (κ3) is 6.73. The van der Waals surface area contributed by atoms with Gasteiger partial charge in [-0.15, -0.1) is 0 Å². The summed E-state index contributed by atoms with van der Waals surface area (Å²) >= 11 is 5.99. The highest BCUT2D eigenvalue weighted by Crippen LogP contribution is 2.24. The Labute approximate surface area is 228 Å². The molecule has 3 heterocycles. The van der Waals surface area contributed by atoms with E-state index in [-0.39, 0.29) is 11.3 Å². The maximum Gasteiger partial charge on any atom is 0.132 e. The van der Waals surface area contributed by atoms with Crippen LogP contribution in [0.1, 0.15) is 30.2 Å².